The second-order valence-electron chi connectivity index (χ2n) is 22.0. The Bertz CT molecular complexity index is 1440. The van der Waals surface area contributed by atoms with Crippen LogP contribution < -0.4 is 5.73 Å². The molecule has 3 N–H and O–H groups in total. The van der Waals surface area contributed by atoms with Crippen molar-refractivity contribution >= 4 is 19.8 Å². The molecule has 0 fully saturated rings. The van der Waals surface area contributed by atoms with Gasteiger partial charge in [-0.2, -0.15) is 0 Å². The van der Waals surface area contributed by atoms with Gasteiger partial charge in [-0.25, -0.2) is 4.57 Å². The summed E-state index contributed by atoms with van der Waals surface area (Å²) < 4.78 is 33.1. The Morgan fingerprint density at radius 2 is 0.714 bits per heavy atom. The van der Waals surface area contributed by atoms with E-state index in [0.717, 1.165) is 57.8 Å². The van der Waals surface area contributed by atoms with Crippen molar-refractivity contribution in [3.63, 3.8) is 0 Å². The monoisotopic (exact) mass is 1100 g/mol. The van der Waals surface area contributed by atoms with Crippen LogP contribution in [0.25, 0.3) is 0 Å². The molecule has 9 nitrogen and oxygen atoms in total. The molecule has 0 radical (unpaired) electrons. The van der Waals surface area contributed by atoms with E-state index in [1.165, 1.54) is 231 Å². The zero-order chi connectivity index (χ0) is 55.9. The molecule has 77 heavy (non-hydrogen) atoms. The first-order valence-corrected chi connectivity index (χ1v) is 34.3. The maximum absolute atomic E-state index is 12.7. The maximum atomic E-state index is 12.7. The third kappa shape index (κ3) is 62.8. The van der Waals surface area contributed by atoms with Crippen LogP contribution in [-0.2, 0) is 32.7 Å². The molecule has 0 aliphatic rings. The number of esters is 2. The molecular formula is C67H124NO8P. The zero-order valence-electron chi connectivity index (χ0n) is 50.4. The predicted molar refractivity (Wildman–Crippen MR) is 330 cm³/mol. The van der Waals surface area contributed by atoms with E-state index in [1.807, 2.05) is 0 Å². The molecule has 2 atom stereocenters. The highest BCUT2D eigenvalue weighted by molar-refractivity contribution is 7.47. The molecule has 0 aliphatic carbocycles. The van der Waals surface area contributed by atoms with E-state index < -0.39 is 26.5 Å². The van der Waals surface area contributed by atoms with Crippen LogP contribution in [0.1, 0.15) is 322 Å². The number of rotatable bonds is 62. The molecule has 0 spiro atoms. The average molecular weight is 1100 g/mol. The highest BCUT2D eigenvalue weighted by atomic mass is 31.2. The van der Waals surface area contributed by atoms with Crippen LogP contribution in [0.2, 0.25) is 0 Å². The van der Waals surface area contributed by atoms with Gasteiger partial charge in [-0.15, -0.1) is 0 Å². The lowest BCUT2D eigenvalue weighted by Crippen LogP contribution is -2.29. The summed E-state index contributed by atoms with van der Waals surface area (Å²) >= 11 is 0. The number of nitrogens with two attached hydrogens (primary N) is 1. The van der Waals surface area contributed by atoms with Crippen molar-refractivity contribution in [2.45, 2.75) is 328 Å². The number of phosphoric acid groups is 1. The van der Waals surface area contributed by atoms with Gasteiger partial charge in [-0.3, -0.25) is 18.6 Å². The molecule has 0 aromatic heterocycles. The molecule has 0 aromatic rings. The van der Waals surface area contributed by atoms with Crippen molar-refractivity contribution in [2.24, 2.45) is 5.73 Å². The maximum Gasteiger partial charge on any atom is 0.472 e. The summed E-state index contributed by atoms with van der Waals surface area (Å²) in [4.78, 5) is 35.3. The average Bonchev–Trinajstić information content (AvgIpc) is 3.42. The summed E-state index contributed by atoms with van der Waals surface area (Å²) in [5.41, 5.74) is 5.39. The van der Waals surface area contributed by atoms with Crippen molar-refractivity contribution < 1.29 is 37.6 Å². The van der Waals surface area contributed by atoms with Crippen LogP contribution in [0.3, 0.4) is 0 Å². The van der Waals surface area contributed by atoms with Crippen molar-refractivity contribution in [3.05, 3.63) is 60.8 Å². The van der Waals surface area contributed by atoms with Gasteiger partial charge in [0.25, 0.3) is 0 Å². The van der Waals surface area contributed by atoms with Crippen molar-refractivity contribution in [1.82, 2.24) is 0 Å². The van der Waals surface area contributed by atoms with E-state index in [-0.39, 0.29) is 38.6 Å². The molecule has 0 amide bonds. The largest absolute Gasteiger partial charge is 0.472 e. The van der Waals surface area contributed by atoms with E-state index in [0.29, 0.717) is 6.42 Å². The van der Waals surface area contributed by atoms with Crippen LogP contribution in [0.4, 0.5) is 0 Å². The third-order valence-corrected chi connectivity index (χ3v) is 15.4. The summed E-state index contributed by atoms with van der Waals surface area (Å²) in [7, 11) is -4.39. The lowest BCUT2D eigenvalue weighted by molar-refractivity contribution is -0.161. The van der Waals surface area contributed by atoms with Crippen molar-refractivity contribution in [1.29, 1.82) is 0 Å². The second-order valence-corrected chi connectivity index (χ2v) is 23.4. The van der Waals surface area contributed by atoms with E-state index in [2.05, 4.69) is 74.6 Å². The van der Waals surface area contributed by atoms with Crippen LogP contribution >= 0.6 is 7.82 Å². The van der Waals surface area contributed by atoms with Gasteiger partial charge >= 0.3 is 19.8 Å². The number of carbonyl (C=O) groups is 2. The third-order valence-electron chi connectivity index (χ3n) is 14.4. The van der Waals surface area contributed by atoms with Gasteiger partial charge in [0.1, 0.15) is 6.61 Å². The fourth-order valence-electron chi connectivity index (χ4n) is 9.57. The molecular weight excluding hydrogens is 978 g/mol. The molecule has 0 bridgehead atoms. The number of carbonyl (C=O) groups excluding carboxylic acids is 2. The molecule has 0 rings (SSSR count). The minimum Gasteiger partial charge on any atom is -0.462 e. The van der Waals surface area contributed by atoms with Gasteiger partial charge in [0.2, 0.25) is 0 Å². The Morgan fingerprint density at radius 1 is 0.403 bits per heavy atom. The minimum atomic E-state index is -4.39. The number of phosphoric ester groups is 1. The van der Waals surface area contributed by atoms with E-state index in [4.69, 9.17) is 24.3 Å². The molecule has 0 saturated carbocycles. The smallest absolute Gasteiger partial charge is 0.462 e. The first-order chi connectivity index (χ1) is 37.8. The Balaban J connectivity index is 3.84. The minimum absolute atomic E-state index is 0.0541. The van der Waals surface area contributed by atoms with Gasteiger partial charge in [0, 0.05) is 19.4 Å². The summed E-state index contributed by atoms with van der Waals surface area (Å²) in [6.07, 6.45) is 80.2. The fraction of sp³-hybridized carbons (Fsp3) is 0.821. The van der Waals surface area contributed by atoms with Gasteiger partial charge in [0.05, 0.1) is 13.2 Å². The number of hydrogen-bond acceptors (Lipinski definition) is 8. The second kappa shape index (κ2) is 62.9. The number of hydrogen-bond donors (Lipinski definition) is 2. The van der Waals surface area contributed by atoms with Gasteiger partial charge in [0.15, 0.2) is 6.10 Å². The van der Waals surface area contributed by atoms with E-state index in [1.54, 1.807) is 0 Å². The quantitative estimate of drug-likeness (QED) is 0.0264. The number of allylic oxidation sites excluding steroid dienone is 10. The molecule has 0 aliphatic heterocycles. The fourth-order valence-corrected chi connectivity index (χ4v) is 10.3. The zero-order valence-corrected chi connectivity index (χ0v) is 51.3. The Labute approximate surface area is 476 Å². The standard InChI is InChI=1S/C67H124NO8P/c1-3-5-7-9-11-13-15-17-19-21-23-25-26-27-28-29-30-31-32-33-34-35-36-37-38-40-42-44-46-48-50-52-54-56-58-60-67(70)76-65(64-75-77(71,72)74-62-61-68)63-73-66(69)59-57-55-53-51-49-47-45-43-41-39-24-22-20-18-16-14-12-10-8-6-4-2/h5,7,11,13,17,19,22-25,65H,3-4,6,8-10,12,14-16,18,20-21,26-64,68H2,1-2H3,(H,71,72)/b7-5-,13-11-,19-17-,24-22-,25-23-. The highest BCUT2D eigenvalue weighted by Crippen LogP contribution is 2.43. The number of ether oxygens (including phenoxy) is 2. The van der Waals surface area contributed by atoms with Crippen LogP contribution in [0.5, 0.6) is 0 Å². The topological polar surface area (TPSA) is 134 Å². The molecule has 0 heterocycles. The molecule has 0 aromatic carbocycles. The van der Waals surface area contributed by atoms with Crippen LogP contribution in [0, 0.1) is 0 Å². The van der Waals surface area contributed by atoms with Crippen LogP contribution in [0.15, 0.2) is 60.8 Å². The Hall–Kier alpha value is -2.29. The summed E-state index contributed by atoms with van der Waals surface area (Å²) in [5.74, 6) is -0.814. The molecule has 0 saturated heterocycles. The van der Waals surface area contributed by atoms with Gasteiger partial charge < -0.3 is 20.1 Å². The highest BCUT2D eigenvalue weighted by Gasteiger charge is 2.26. The van der Waals surface area contributed by atoms with Crippen LogP contribution in [-0.4, -0.2) is 49.3 Å². The Morgan fingerprint density at radius 3 is 1.08 bits per heavy atom. The summed E-state index contributed by atoms with van der Waals surface area (Å²) in [6.45, 7) is 3.68. The molecule has 450 valence electrons. The summed E-state index contributed by atoms with van der Waals surface area (Å²) in [6, 6.07) is 0. The molecule has 2 unspecified atom stereocenters. The van der Waals surface area contributed by atoms with Gasteiger partial charge in [-0.05, 0) is 77.0 Å². The first-order valence-electron chi connectivity index (χ1n) is 32.8. The predicted octanol–water partition coefficient (Wildman–Crippen LogP) is 21.1. The first kappa shape index (κ1) is 74.7. The molecule has 10 heteroatoms. The SMILES string of the molecule is CC/C=C\C/C=C\C/C=C\C/C=C\CCCCCCCCCCCCCCCCCCCCCCCCC(=O)OC(COC(=O)CCCCCCCCCCC/C=C\CCCCCCCCCC)COP(=O)(O)OCCN. The normalized spacial score (nSPS) is 13.4. The summed E-state index contributed by atoms with van der Waals surface area (Å²) in [5, 5.41) is 0. The van der Waals surface area contributed by atoms with Gasteiger partial charge in [-0.1, -0.05) is 293 Å². The van der Waals surface area contributed by atoms with Crippen molar-refractivity contribution in [3.8, 4) is 0 Å². The number of unbranched alkanes of at least 4 members (excludes halogenated alkanes) is 39. The lowest BCUT2D eigenvalue weighted by atomic mass is 10.0. The Kier molecular flexibility index (Phi) is 61.0. The lowest BCUT2D eigenvalue weighted by Gasteiger charge is -2.19. The van der Waals surface area contributed by atoms with E-state index in [9.17, 15) is 19.0 Å². The van der Waals surface area contributed by atoms with E-state index >= 15 is 0 Å². The van der Waals surface area contributed by atoms with Crippen molar-refractivity contribution in [2.75, 3.05) is 26.4 Å².